The van der Waals surface area contributed by atoms with Crippen LogP contribution >= 0.6 is 11.6 Å². The normalized spacial score (nSPS) is 29.8. The quantitative estimate of drug-likeness (QED) is 0.661. The van der Waals surface area contributed by atoms with E-state index in [-0.39, 0.29) is 11.8 Å². The van der Waals surface area contributed by atoms with Crippen LogP contribution in [0.1, 0.15) is 32.6 Å². The summed E-state index contributed by atoms with van der Waals surface area (Å²) in [6.45, 7) is 2.24. The van der Waals surface area contributed by atoms with Gasteiger partial charge in [-0.2, -0.15) is 0 Å². The lowest BCUT2D eigenvalue weighted by atomic mass is 9.87. The Bertz CT molecular complexity index is 161. The predicted molar refractivity (Wildman–Crippen MR) is 50.3 cm³/mol. The minimum atomic E-state index is -0.0317. The van der Waals surface area contributed by atoms with Crippen molar-refractivity contribution in [2.45, 2.75) is 38.6 Å². The second-order valence-electron chi connectivity index (χ2n) is 3.67. The highest BCUT2D eigenvalue weighted by molar-refractivity contribution is 6.27. The Morgan fingerprint density at radius 3 is 2.92 bits per heavy atom. The highest BCUT2D eigenvalue weighted by Gasteiger charge is 2.19. The molecule has 2 nitrogen and oxygen atoms in total. The zero-order valence-electron chi connectivity index (χ0n) is 7.48. The second kappa shape index (κ2) is 4.70. The van der Waals surface area contributed by atoms with Crippen LogP contribution in [0, 0.1) is 5.92 Å². The molecule has 0 aliphatic heterocycles. The van der Waals surface area contributed by atoms with E-state index in [1.807, 2.05) is 0 Å². The molecule has 0 aromatic carbocycles. The van der Waals surface area contributed by atoms with Crippen LogP contribution in [0.25, 0.3) is 0 Å². The van der Waals surface area contributed by atoms with Crippen LogP contribution in [0.3, 0.4) is 0 Å². The fourth-order valence-corrected chi connectivity index (χ4v) is 1.91. The number of nitrogens with one attached hydrogen (secondary N) is 1. The summed E-state index contributed by atoms with van der Waals surface area (Å²) in [5, 5.41) is 2.93. The van der Waals surface area contributed by atoms with Crippen LogP contribution in [0.15, 0.2) is 0 Å². The van der Waals surface area contributed by atoms with E-state index in [4.69, 9.17) is 11.6 Å². The van der Waals surface area contributed by atoms with Crippen molar-refractivity contribution in [2.24, 2.45) is 5.92 Å². The summed E-state index contributed by atoms with van der Waals surface area (Å²) in [7, 11) is 0. The molecule has 1 saturated carbocycles. The third-order valence-electron chi connectivity index (χ3n) is 2.42. The van der Waals surface area contributed by atoms with Crippen molar-refractivity contribution in [2.75, 3.05) is 5.88 Å². The minimum absolute atomic E-state index is 0.0317. The van der Waals surface area contributed by atoms with E-state index in [0.717, 1.165) is 18.8 Å². The maximum Gasteiger partial charge on any atom is 0.235 e. The van der Waals surface area contributed by atoms with Crippen molar-refractivity contribution in [1.82, 2.24) is 5.32 Å². The average molecular weight is 190 g/mol. The average Bonchev–Trinajstić information content (AvgIpc) is 2.04. The van der Waals surface area contributed by atoms with Crippen LogP contribution in [0.4, 0.5) is 0 Å². The third kappa shape index (κ3) is 3.02. The van der Waals surface area contributed by atoms with Gasteiger partial charge in [0.2, 0.25) is 5.91 Å². The van der Waals surface area contributed by atoms with E-state index in [1.54, 1.807) is 0 Å². The molecule has 1 fully saturated rings. The van der Waals surface area contributed by atoms with Gasteiger partial charge < -0.3 is 5.32 Å². The lowest BCUT2D eigenvalue weighted by Crippen LogP contribution is -2.38. The van der Waals surface area contributed by atoms with Gasteiger partial charge in [-0.05, 0) is 18.8 Å². The Kier molecular flexibility index (Phi) is 3.86. The molecule has 0 bridgehead atoms. The molecule has 0 saturated heterocycles. The van der Waals surface area contributed by atoms with Gasteiger partial charge in [-0.3, -0.25) is 4.79 Å². The van der Waals surface area contributed by atoms with E-state index in [0.29, 0.717) is 6.04 Å². The number of halogens is 1. The first kappa shape index (κ1) is 9.85. The molecule has 1 rings (SSSR count). The number of carbonyl (C=O) groups excluding carboxylic acids is 1. The lowest BCUT2D eigenvalue weighted by Gasteiger charge is -2.27. The van der Waals surface area contributed by atoms with Crippen LogP contribution in [-0.2, 0) is 4.79 Å². The smallest absolute Gasteiger partial charge is 0.235 e. The summed E-state index contributed by atoms with van der Waals surface area (Å²) >= 11 is 5.40. The summed E-state index contributed by atoms with van der Waals surface area (Å²) < 4.78 is 0. The Balaban J connectivity index is 2.27. The molecule has 3 heteroatoms. The van der Waals surface area contributed by atoms with Crippen LogP contribution in [0.2, 0.25) is 0 Å². The highest BCUT2D eigenvalue weighted by Crippen LogP contribution is 2.23. The molecule has 0 radical (unpaired) electrons. The van der Waals surface area contributed by atoms with Gasteiger partial charge in [-0.25, -0.2) is 0 Å². The summed E-state index contributed by atoms with van der Waals surface area (Å²) in [5.41, 5.74) is 0. The van der Waals surface area contributed by atoms with E-state index in [1.165, 1.54) is 12.8 Å². The van der Waals surface area contributed by atoms with Crippen molar-refractivity contribution < 1.29 is 4.79 Å². The zero-order valence-corrected chi connectivity index (χ0v) is 8.23. The Hall–Kier alpha value is -0.240. The number of hydrogen-bond acceptors (Lipinski definition) is 1. The Labute approximate surface area is 78.7 Å². The number of rotatable bonds is 2. The van der Waals surface area contributed by atoms with Crippen molar-refractivity contribution in [3.05, 3.63) is 0 Å². The van der Waals surface area contributed by atoms with Crippen molar-refractivity contribution in [3.63, 3.8) is 0 Å². The largest absolute Gasteiger partial charge is 0.352 e. The standard InChI is InChI=1S/C9H16ClNO/c1-7-3-2-4-8(5-7)11-9(12)6-10/h7-8H,2-6H2,1H3,(H,11,12)/t7-,8+/m1/s1. The number of amides is 1. The SMILES string of the molecule is C[C@@H]1CCC[C@H](NC(=O)CCl)C1. The molecular weight excluding hydrogens is 174 g/mol. The van der Waals surface area contributed by atoms with Gasteiger partial charge in [-0.15, -0.1) is 11.6 Å². The first-order chi connectivity index (χ1) is 5.72. The van der Waals surface area contributed by atoms with E-state index < -0.39 is 0 Å². The van der Waals surface area contributed by atoms with E-state index >= 15 is 0 Å². The summed E-state index contributed by atoms with van der Waals surface area (Å²) in [4.78, 5) is 10.9. The number of hydrogen-bond donors (Lipinski definition) is 1. The molecule has 0 aromatic rings. The molecule has 1 N–H and O–H groups in total. The van der Waals surface area contributed by atoms with Gasteiger partial charge in [0.1, 0.15) is 5.88 Å². The van der Waals surface area contributed by atoms with Crippen LogP contribution in [0.5, 0.6) is 0 Å². The predicted octanol–water partition coefficient (Wildman–Crippen LogP) is 1.92. The van der Waals surface area contributed by atoms with Crippen LogP contribution in [-0.4, -0.2) is 17.8 Å². The van der Waals surface area contributed by atoms with Crippen molar-refractivity contribution >= 4 is 17.5 Å². The molecule has 0 aromatic heterocycles. The fraction of sp³-hybridized carbons (Fsp3) is 0.889. The molecule has 1 aliphatic rings. The van der Waals surface area contributed by atoms with Gasteiger partial charge in [0.15, 0.2) is 0 Å². The van der Waals surface area contributed by atoms with Gasteiger partial charge in [0.25, 0.3) is 0 Å². The maximum absolute atomic E-state index is 10.9. The molecule has 0 heterocycles. The molecular formula is C9H16ClNO. The third-order valence-corrected chi connectivity index (χ3v) is 2.67. The first-order valence-electron chi connectivity index (χ1n) is 4.57. The van der Waals surface area contributed by atoms with E-state index in [2.05, 4.69) is 12.2 Å². The van der Waals surface area contributed by atoms with Crippen molar-refractivity contribution in [3.8, 4) is 0 Å². The molecule has 2 atom stereocenters. The zero-order chi connectivity index (χ0) is 8.97. The highest BCUT2D eigenvalue weighted by atomic mass is 35.5. The minimum Gasteiger partial charge on any atom is -0.352 e. The summed E-state index contributed by atoms with van der Waals surface area (Å²) in [5.74, 6) is 0.806. The Morgan fingerprint density at radius 1 is 1.58 bits per heavy atom. The molecule has 12 heavy (non-hydrogen) atoms. The first-order valence-corrected chi connectivity index (χ1v) is 5.11. The molecule has 1 amide bonds. The van der Waals surface area contributed by atoms with Gasteiger partial charge in [0.05, 0.1) is 0 Å². The van der Waals surface area contributed by atoms with Gasteiger partial charge >= 0.3 is 0 Å². The monoisotopic (exact) mass is 189 g/mol. The topological polar surface area (TPSA) is 29.1 Å². The molecule has 0 unspecified atom stereocenters. The maximum atomic E-state index is 10.9. The molecule has 0 spiro atoms. The Morgan fingerprint density at radius 2 is 2.33 bits per heavy atom. The second-order valence-corrected chi connectivity index (χ2v) is 3.94. The van der Waals surface area contributed by atoms with Gasteiger partial charge in [-0.1, -0.05) is 19.8 Å². The molecule has 70 valence electrons. The molecule has 1 aliphatic carbocycles. The number of alkyl halides is 1. The van der Waals surface area contributed by atoms with E-state index in [9.17, 15) is 4.79 Å². The fourth-order valence-electron chi connectivity index (χ4n) is 1.83. The van der Waals surface area contributed by atoms with Crippen LogP contribution < -0.4 is 5.32 Å². The van der Waals surface area contributed by atoms with Crippen molar-refractivity contribution in [1.29, 1.82) is 0 Å². The van der Waals surface area contributed by atoms with Gasteiger partial charge in [0, 0.05) is 6.04 Å². The lowest BCUT2D eigenvalue weighted by molar-refractivity contribution is -0.119. The number of carbonyl (C=O) groups is 1. The summed E-state index contributed by atoms with van der Waals surface area (Å²) in [6.07, 6.45) is 4.76. The summed E-state index contributed by atoms with van der Waals surface area (Å²) in [6, 6.07) is 0.375.